The molecule has 35 heavy (non-hydrogen) atoms. The highest BCUT2D eigenvalue weighted by atomic mass is 32.2. The van der Waals surface area contributed by atoms with Crippen molar-refractivity contribution in [2.75, 3.05) is 10.7 Å². The molecule has 3 saturated heterocycles. The summed E-state index contributed by atoms with van der Waals surface area (Å²) >= 11 is 1.60. The maximum Gasteiger partial charge on any atom is 0.240 e. The molecule has 4 atom stereocenters. The second-order valence-corrected chi connectivity index (χ2v) is 11.0. The van der Waals surface area contributed by atoms with Gasteiger partial charge < -0.3 is 4.74 Å². The SMILES string of the molecule is CC12CCC(CCSc3ccc(F)cc3)(O1)C1C(=O)N(c3ccc(C#N)c4ccccc34)C(=O)C12. The van der Waals surface area contributed by atoms with Gasteiger partial charge in [0.2, 0.25) is 11.8 Å². The van der Waals surface area contributed by atoms with E-state index in [1.165, 1.54) is 17.0 Å². The topological polar surface area (TPSA) is 70.4 Å². The number of benzene rings is 3. The Balaban J connectivity index is 1.33. The fraction of sp³-hybridized carbons (Fsp3) is 0.321. The third-order valence-corrected chi connectivity index (χ3v) is 8.90. The molecule has 3 heterocycles. The molecule has 176 valence electrons. The molecular formula is C28H23FN2O3S. The second kappa shape index (κ2) is 7.91. The lowest BCUT2D eigenvalue weighted by Gasteiger charge is -2.31. The van der Waals surface area contributed by atoms with Crippen LogP contribution < -0.4 is 4.90 Å². The number of thioether (sulfide) groups is 1. The zero-order valence-corrected chi connectivity index (χ0v) is 20.0. The summed E-state index contributed by atoms with van der Waals surface area (Å²) in [6.07, 6.45) is 2.10. The van der Waals surface area contributed by atoms with Gasteiger partial charge in [-0.3, -0.25) is 9.59 Å². The van der Waals surface area contributed by atoms with E-state index in [4.69, 9.17) is 4.74 Å². The van der Waals surface area contributed by atoms with Gasteiger partial charge >= 0.3 is 0 Å². The first-order valence-electron chi connectivity index (χ1n) is 11.8. The summed E-state index contributed by atoms with van der Waals surface area (Å²) in [6, 6.07) is 19.3. The van der Waals surface area contributed by atoms with Crippen LogP contribution in [0.3, 0.4) is 0 Å². The fourth-order valence-electron chi connectivity index (χ4n) is 6.30. The lowest BCUT2D eigenvalue weighted by molar-refractivity contribution is -0.130. The number of hydrogen-bond donors (Lipinski definition) is 0. The molecule has 5 nitrogen and oxygen atoms in total. The average Bonchev–Trinajstić information content (AvgIpc) is 3.44. The van der Waals surface area contributed by atoms with Gasteiger partial charge in [-0.1, -0.05) is 24.3 Å². The molecule has 3 aliphatic rings. The summed E-state index contributed by atoms with van der Waals surface area (Å²) in [5.74, 6) is -1.06. The van der Waals surface area contributed by atoms with E-state index in [0.717, 1.165) is 23.1 Å². The van der Waals surface area contributed by atoms with Crippen LogP contribution in [0.4, 0.5) is 10.1 Å². The van der Waals surface area contributed by atoms with Gasteiger partial charge in [-0.15, -0.1) is 11.8 Å². The van der Waals surface area contributed by atoms with Crippen molar-refractivity contribution < 1.29 is 18.7 Å². The molecule has 0 aliphatic carbocycles. The molecule has 2 bridgehead atoms. The number of anilines is 1. The third-order valence-electron chi connectivity index (χ3n) is 7.88. The maximum absolute atomic E-state index is 13.9. The highest BCUT2D eigenvalue weighted by Crippen LogP contribution is 2.62. The first-order valence-corrected chi connectivity index (χ1v) is 12.7. The van der Waals surface area contributed by atoms with E-state index in [2.05, 4.69) is 6.07 Å². The minimum atomic E-state index is -0.684. The van der Waals surface area contributed by atoms with E-state index < -0.39 is 23.0 Å². The molecule has 0 spiro atoms. The summed E-state index contributed by atoms with van der Waals surface area (Å²) in [7, 11) is 0. The Labute approximate surface area is 206 Å². The van der Waals surface area contributed by atoms with Crippen LogP contribution in [0.1, 0.15) is 31.7 Å². The summed E-state index contributed by atoms with van der Waals surface area (Å²) in [6.45, 7) is 1.96. The maximum atomic E-state index is 13.9. The van der Waals surface area contributed by atoms with Gasteiger partial charge in [0.1, 0.15) is 5.82 Å². The molecule has 3 aromatic carbocycles. The molecule has 3 fully saturated rings. The van der Waals surface area contributed by atoms with Gasteiger partial charge in [-0.05, 0) is 62.6 Å². The number of halogens is 1. The average molecular weight is 487 g/mol. The lowest BCUT2D eigenvalue weighted by atomic mass is 9.67. The van der Waals surface area contributed by atoms with E-state index >= 15 is 0 Å². The minimum Gasteiger partial charge on any atom is -0.367 e. The standard InChI is InChI=1S/C28H23FN2O3S/c1-27-12-13-28(34-27,14-15-35-19-9-7-18(29)8-10-19)24-23(27)25(32)31(26(24)33)22-11-6-17(16-30)20-4-2-3-5-21(20)22/h2-11,23-24H,12-15H2,1H3. The first-order chi connectivity index (χ1) is 16.9. The number of amides is 2. The van der Waals surface area contributed by atoms with Gasteiger partial charge in [-0.2, -0.15) is 5.26 Å². The smallest absolute Gasteiger partial charge is 0.240 e. The van der Waals surface area contributed by atoms with Crippen molar-refractivity contribution in [2.45, 2.75) is 42.3 Å². The Kier molecular flexibility index (Phi) is 5.03. The van der Waals surface area contributed by atoms with Gasteiger partial charge in [0.05, 0.1) is 40.4 Å². The van der Waals surface area contributed by atoms with Crippen LogP contribution in [0, 0.1) is 29.0 Å². The largest absolute Gasteiger partial charge is 0.367 e. The molecule has 0 aromatic heterocycles. The predicted octanol–water partition coefficient (Wildman–Crippen LogP) is 5.46. The molecule has 3 aliphatic heterocycles. The normalized spacial score (nSPS) is 29.1. The Bertz CT molecular complexity index is 1420. The Morgan fingerprint density at radius 1 is 1.03 bits per heavy atom. The highest BCUT2D eigenvalue weighted by Gasteiger charge is 2.73. The van der Waals surface area contributed by atoms with Gasteiger partial charge in [0.15, 0.2) is 0 Å². The zero-order valence-electron chi connectivity index (χ0n) is 19.2. The van der Waals surface area contributed by atoms with Crippen LogP contribution in [0.15, 0.2) is 65.6 Å². The lowest BCUT2D eigenvalue weighted by Crippen LogP contribution is -2.42. The Morgan fingerprint density at radius 3 is 2.49 bits per heavy atom. The number of hydrogen-bond acceptors (Lipinski definition) is 5. The van der Waals surface area contributed by atoms with Crippen molar-refractivity contribution in [1.82, 2.24) is 0 Å². The van der Waals surface area contributed by atoms with Crippen molar-refractivity contribution in [3.63, 3.8) is 0 Å². The number of rotatable bonds is 5. The van der Waals surface area contributed by atoms with E-state index in [1.54, 1.807) is 36.0 Å². The molecular weight excluding hydrogens is 463 g/mol. The molecule has 0 radical (unpaired) electrons. The van der Waals surface area contributed by atoms with Crippen molar-refractivity contribution in [1.29, 1.82) is 5.26 Å². The molecule has 4 unspecified atom stereocenters. The number of ether oxygens (including phenoxy) is 1. The Hall–Kier alpha value is -3.21. The van der Waals surface area contributed by atoms with Crippen molar-refractivity contribution in [2.24, 2.45) is 11.8 Å². The van der Waals surface area contributed by atoms with Crippen molar-refractivity contribution in [3.8, 4) is 6.07 Å². The number of fused-ring (bicyclic) bond motifs is 6. The number of nitrogens with zero attached hydrogens (tertiary/aromatic N) is 2. The zero-order chi connectivity index (χ0) is 24.4. The van der Waals surface area contributed by atoms with Crippen LogP contribution in [-0.2, 0) is 14.3 Å². The summed E-state index contributed by atoms with van der Waals surface area (Å²) in [5.41, 5.74) is -0.318. The van der Waals surface area contributed by atoms with Gasteiger partial charge in [0, 0.05) is 21.4 Å². The first kappa shape index (κ1) is 22.3. The second-order valence-electron chi connectivity index (χ2n) is 9.79. The predicted molar refractivity (Wildman–Crippen MR) is 131 cm³/mol. The summed E-state index contributed by atoms with van der Waals surface area (Å²) in [5, 5.41) is 11.0. The number of imide groups is 1. The fourth-order valence-corrected chi connectivity index (χ4v) is 7.31. The van der Waals surface area contributed by atoms with E-state index in [0.29, 0.717) is 28.8 Å². The molecule has 2 amide bonds. The third kappa shape index (κ3) is 3.24. The monoisotopic (exact) mass is 486 g/mol. The molecule has 6 rings (SSSR count). The minimum absolute atomic E-state index is 0.217. The van der Waals surface area contributed by atoms with Crippen LogP contribution >= 0.6 is 11.8 Å². The van der Waals surface area contributed by atoms with Crippen LogP contribution in [-0.4, -0.2) is 28.8 Å². The van der Waals surface area contributed by atoms with E-state index in [-0.39, 0.29) is 17.6 Å². The molecule has 0 saturated carbocycles. The quantitative estimate of drug-likeness (QED) is 0.354. The van der Waals surface area contributed by atoms with Crippen LogP contribution in [0.2, 0.25) is 0 Å². The number of carbonyl (C=O) groups excluding carboxylic acids is 2. The summed E-state index contributed by atoms with van der Waals surface area (Å²) < 4.78 is 19.8. The van der Waals surface area contributed by atoms with E-state index in [1.807, 2.05) is 31.2 Å². The van der Waals surface area contributed by atoms with Gasteiger partial charge in [-0.25, -0.2) is 9.29 Å². The van der Waals surface area contributed by atoms with Crippen molar-refractivity contribution >= 4 is 40.0 Å². The van der Waals surface area contributed by atoms with Gasteiger partial charge in [0.25, 0.3) is 0 Å². The van der Waals surface area contributed by atoms with Crippen LogP contribution in [0.5, 0.6) is 0 Å². The highest BCUT2D eigenvalue weighted by molar-refractivity contribution is 7.99. The van der Waals surface area contributed by atoms with Crippen LogP contribution in [0.25, 0.3) is 10.8 Å². The van der Waals surface area contributed by atoms with E-state index in [9.17, 15) is 19.2 Å². The molecule has 0 N–H and O–H groups in total. The number of nitriles is 1. The van der Waals surface area contributed by atoms with Crippen molar-refractivity contribution in [3.05, 3.63) is 72.0 Å². The summed E-state index contributed by atoms with van der Waals surface area (Å²) in [4.78, 5) is 30.0. The number of carbonyl (C=O) groups is 2. The molecule has 3 aromatic rings. The molecule has 7 heteroatoms. The Morgan fingerprint density at radius 2 is 1.74 bits per heavy atom.